The van der Waals surface area contributed by atoms with Crippen LogP contribution in [-0.2, 0) is 4.79 Å². The Hall–Kier alpha value is -1.59. The van der Waals surface area contributed by atoms with E-state index >= 15 is 0 Å². The van der Waals surface area contributed by atoms with Gasteiger partial charge in [-0.25, -0.2) is 0 Å². The molecule has 2 N–H and O–H groups in total. The summed E-state index contributed by atoms with van der Waals surface area (Å²) in [6.07, 6.45) is 5.06. The highest BCUT2D eigenvalue weighted by Crippen LogP contribution is 2.15. The van der Waals surface area contributed by atoms with Crippen LogP contribution < -0.4 is 10.6 Å². The quantitative estimate of drug-likeness (QED) is 0.765. The van der Waals surface area contributed by atoms with Crippen LogP contribution in [0.5, 0.6) is 0 Å². The van der Waals surface area contributed by atoms with E-state index in [0.29, 0.717) is 17.1 Å². The van der Waals surface area contributed by atoms with Crippen LogP contribution in [-0.4, -0.2) is 48.9 Å². The van der Waals surface area contributed by atoms with Crippen molar-refractivity contribution in [1.82, 2.24) is 15.5 Å². The van der Waals surface area contributed by atoms with Gasteiger partial charge in [-0.1, -0.05) is 50.4 Å². The second kappa shape index (κ2) is 10.5. The molecular weight excluding hydrogens is 350 g/mol. The molecule has 1 aliphatic heterocycles. The van der Waals surface area contributed by atoms with E-state index in [1.54, 1.807) is 24.3 Å². The molecule has 5 nitrogen and oxygen atoms in total. The van der Waals surface area contributed by atoms with Gasteiger partial charge in [0.15, 0.2) is 0 Å². The van der Waals surface area contributed by atoms with Crippen LogP contribution >= 0.6 is 11.6 Å². The Balaban J connectivity index is 1.86. The topological polar surface area (TPSA) is 61.4 Å². The molecule has 1 aromatic carbocycles. The Morgan fingerprint density at radius 3 is 2.38 bits per heavy atom. The summed E-state index contributed by atoms with van der Waals surface area (Å²) in [5, 5.41) is 6.18. The van der Waals surface area contributed by atoms with Crippen molar-refractivity contribution in [2.45, 2.75) is 45.6 Å². The number of hydrogen-bond acceptors (Lipinski definition) is 3. The van der Waals surface area contributed by atoms with Crippen molar-refractivity contribution in [3.05, 3.63) is 34.9 Å². The summed E-state index contributed by atoms with van der Waals surface area (Å²) in [5.41, 5.74) is 0.386. The molecule has 1 heterocycles. The van der Waals surface area contributed by atoms with E-state index in [2.05, 4.69) is 15.5 Å². The highest BCUT2D eigenvalue weighted by Gasteiger charge is 2.25. The van der Waals surface area contributed by atoms with Gasteiger partial charge in [-0.2, -0.15) is 0 Å². The number of carbonyl (C=O) groups excluding carboxylic acids is 2. The standard InChI is InChI=1S/C20H30ClN3O2/c1-15(2)18(23-19(25)16-9-5-6-10-17(16)21)20(26)22-11-14-24-12-7-3-4-8-13-24/h5-6,9-10,15,18H,3-4,7-8,11-14H2,1-2H3,(H,22,26)(H,23,25). The van der Waals surface area contributed by atoms with Crippen LogP contribution in [0.1, 0.15) is 49.9 Å². The van der Waals surface area contributed by atoms with E-state index in [-0.39, 0.29) is 17.7 Å². The summed E-state index contributed by atoms with van der Waals surface area (Å²) >= 11 is 6.08. The van der Waals surface area contributed by atoms with Gasteiger partial charge in [-0.15, -0.1) is 0 Å². The highest BCUT2D eigenvalue weighted by molar-refractivity contribution is 6.33. The first-order chi connectivity index (χ1) is 12.5. The van der Waals surface area contributed by atoms with Gasteiger partial charge in [0.05, 0.1) is 10.6 Å². The number of halogens is 1. The lowest BCUT2D eigenvalue weighted by Gasteiger charge is -2.24. The van der Waals surface area contributed by atoms with Gasteiger partial charge in [0.1, 0.15) is 6.04 Å². The van der Waals surface area contributed by atoms with Gasteiger partial charge < -0.3 is 15.5 Å². The molecule has 0 spiro atoms. The fourth-order valence-electron chi connectivity index (χ4n) is 3.21. The largest absolute Gasteiger partial charge is 0.353 e. The lowest BCUT2D eigenvalue weighted by Crippen LogP contribution is -2.51. The Labute approximate surface area is 161 Å². The Morgan fingerprint density at radius 2 is 1.77 bits per heavy atom. The minimum Gasteiger partial charge on any atom is -0.353 e. The van der Waals surface area contributed by atoms with Crippen molar-refractivity contribution in [3.63, 3.8) is 0 Å². The normalized spacial score (nSPS) is 16.8. The maximum Gasteiger partial charge on any atom is 0.253 e. The SMILES string of the molecule is CC(C)C(NC(=O)c1ccccc1Cl)C(=O)NCCN1CCCCCC1. The predicted molar refractivity (Wildman–Crippen MR) is 105 cm³/mol. The van der Waals surface area contributed by atoms with Crippen molar-refractivity contribution >= 4 is 23.4 Å². The van der Waals surface area contributed by atoms with E-state index in [9.17, 15) is 9.59 Å². The van der Waals surface area contributed by atoms with Crippen molar-refractivity contribution in [2.24, 2.45) is 5.92 Å². The number of carbonyl (C=O) groups is 2. The first-order valence-electron chi connectivity index (χ1n) is 9.54. The Kier molecular flexibility index (Phi) is 8.39. The summed E-state index contributed by atoms with van der Waals surface area (Å²) in [4.78, 5) is 27.4. The fraction of sp³-hybridized carbons (Fsp3) is 0.600. The Morgan fingerprint density at radius 1 is 1.12 bits per heavy atom. The number of hydrogen-bond donors (Lipinski definition) is 2. The molecule has 2 amide bonds. The molecule has 0 radical (unpaired) electrons. The number of amides is 2. The summed E-state index contributed by atoms with van der Waals surface area (Å²) in [6.45, 7) is 7.51. The molecule has 2 rings (SSSR count). The predicted octanol–water partition coefficient (Wildman–Crippen LogP) is 3.09. The maximum absolute atomic E-state index is 12.6. The van der Waals surface area contributed by atoms with Crippen LogP contribution in [0.25, 0.3) is 0 Å². The summed E-state index contributed by atoms with van der Waals surface area (Å²) in [7, 11) is 0. The number of likely N-dealkylation sites (tertiary alicyclic amines) is 1. The van der Waals surface area contributed by atoms with Crippen molar-refractivity contribution in [2.75, 3.05) is 26.2 Å². The van der Waals surface area contributed by atoms with E-state index < -0.39 is 6.04 Å². The van der Waals surface area contributed by atoms with Gasteiger partial charge in [0.2, 0.25) is 5.91 Å². The van der Waals surface area contributed by atoms with Gasteiger partial charge in [0, 0.05) is 13.1 Å². The zero-order valence-corrected chi connectivity index (χ0v) is 16.5. The van der Waals surface area contributed by atoms with Crippen LogP contribution in [0.3, 0.4) is 0 Å². The third-order valence-electron chi connectivity index (χ3n) is 4.78. The average molecular weight is 380 g/mol. The van der Waals surface area contributed by atoms with E-state index in [0.717, 1.165) is 19.6 Å². The molecule has 0 saturated carbocycles. The first kappa shape index (κ1) is 20.7. The third kappa shape index (κ3) is 6.29. The molecule has 144 valence electrons. The molecular formula is C20H30ClN3O2. The number of benzene rings is 1. The molecule has 0 bridgehead atoms. The molecule has 6 heteroatoms. The molecule has 1 aliphatic rings. The second-order valence-electron chi connectivity index (χ2n) is 7.22. The van der Waals surface area contributed by atoms with Gasteiger partial charge in [0.25, 0.3) is 5.91 Å². The van der Waals surface area contributed by atoms with Gasteiger partial charge >= 0.3 is 0 Å². The highest BCUT2D eigenvalue weighted by atomic mass is 35.5. The van der Waals surface area contributed by atoms with Crippen molar-refractivity contribution in [3.8, 4) is 0 Å². The average Bonchev–Trinajstić information content (AvgIpc) is 2.88. The lowest BCUT2D eigenvalue weighted by molar-refractivity contribution is -0.124. The Bertz CT molecular complexity index is 598. The number of rotatable bonds is 7. The second-order valence-corrected chi connectivity index (χ2v) is 7.63. The van der Waals surface area contributed by atoms with Gasteiger partial charge in [-0.3, -0.25) is 9.59 Å². The molecule has 1 aromatic rings. The van der Waals surface area contributed by atoms with Gasteiger partial charge in [-0.05, 0) is 44.0 Å². The molecule has 1 unspecified atom stereocenters. The van der Waals surface area contributed by atoms with Crippen LogP contribution in [0.15, 0.2) is 24.3 Å². The fourth-order valence-corrected chi connectivity index (χ4v) is 3.43. The third-order valence-corrected chi connectivity index (χ3v) is 5.11. The van der Waals surface area contributed by atoms with E-state index in [4.69, 9.17) is 11.6 Å². The van der Waals surface area contributed by atoms with E-state index in [1.807, 2.05) is 13.8 Å². The van der Waals surface area contributed by atoms with Crippen molar-refractivity contribution in [1.29, 1.82) is 0 Å². The summed E-state index contributed by atoms with van der Waals surface area (Å²) < 4.78 is 0. The minimum atomic E-state index is -0.581. The smallest absolute Gasteiger partial charge is 0.253 e. The molecule has 1 atom stereocenters. The molecule has 0 aliphatic carbocycles. The zero-order chi connectivity index (χ0) is 18.9. The molecule has 0 aromatic heterocycles. The molecule has 1 saturated heterocycles. The summed E-state index contributed by atoms with van der Waals surface area (Å²) in [5.74, 6) is -0.480. The van der Waals surface area contributed by atoms with Crippen LogP contribution in [0.2, 0.25) is 5.02 Å². The lowest BCUT2D eigenvalue weighted by atomic mass is 10.0. The molecule has 1 fully saturated rings. The maximum atomic E-state index is 12.6. The summed E-state index contributed by atoms with van der Waals surface area (Å²) in [6, 6.07) is 6.28. The van der Waals surface area contributed by atoms with Crippen LogP contribution in [0.4, 0.5) is 0 Å². The van der Waals surface area contributed by atoms with Crippen LogP contribution in [0, 0.1) is 5.92 Å². The zero-order valence-electron chi connectivity index (χ0n) is 15.8. The van der Waals surface area contributed by atoms with Crippen molar-refractivity contribution < 1.29 is 9.59 Å². The van der Waals surface area contributed by atoms with E-state index in [1.165, 1.54) is 25.7 Å². The number of nitrogens with one attached hydrogen (secondary N) is 2. The minimum absolute atomic E-state index is 0.0142. The first-order valence-corrected chi connectivity index (χ1v) is 9.92. The number of nitrogens with zero attached hydrogens (tertiary/aromatic N) is 1. The molecule has 26 heavy (non-hydrogen) atoms. The monoisotopic (exact) mass is 379 g/mol.